The highest BCUT2D eigenvalue weighted by Gasteiger charge is 2.19. The van der Waals surface area contributed by atoms with Crippen molar-refractivity contribution in [2.75, 3.05) is 6.61 Å². The van der Waals surface area contributed by atoms with Crippen LogP contribution in [0.1, 0.15) is 21.5 Å². The summed E-state index contributed by atoms with van der Waals surface area (Å²) in [5.41, 5.74) is 2.19. The first-order valence-corrected chi connectivity index (χ1v) is 4.18. The lowest BCUT2D eigenvalue weighted by Gasteiger charge is -2.06. The summed E-state index contributed by atoms with van der Waals surface area (Å²) in [4.78, 5) is 10.8. The Morgan fingerprint density at radius 2 is 2.31 bits per heavy atom. The molecule has 1 aromatic carbocycles. The number of carbonyl (C=O) groups is 1. The van der Waals surface area contributed by atoms with E-state index in [1.165, 1.54) is 0 Å². The summed E-state index contributed by atoms with van der Waals surface area (Å²) in [6, 6.07) is 3.48. The van der Waals surface area contributed by atoms with Crippen LogP contribution in [0.3, 0.4) is 0 Å². The van der Waals surface area contributed by atoms with Gasteiger partial charge in [-0.15, -0.1) is 0 Å². The predicted octanol–water partition coefficient (Wildman–Crippen LogP) is 1.63. The van der Waals surface area contributed by atoms with E-state index in [4.69, 9.17) is 9.84 Å². The van der Waals surface area contributed by atoms with Crippen molar-refractivity contribution >= 4 is 5.97 Å². The molecule has 1 N–H and O–H groups in total. The number of benzene rings is 1. The summed E-state index contributed by atoms with van der Waals surface area (Å²) < 4.78 is 5.36. The first-order valence-electron chi connectivity index (χ1n) is 4.18. The molecule has 0 aliphatic carbocycles. The fraction of sp³-hybridized carbons (Fsp3) is 0.300. The number of carboxylic acids is 1. The summed E-state index contributed by atoms with van der Waals surface area (Å²) in [5.74, 6) is -0.129. The molecule has 0 amide bonds. The number of aromatic carboxylic acids is 1. The van der Waals surface area contributed by atoms with Crippen LogP contribution in [0.4, 0.5) is 0 Å². The van der Waals surface area contributed by atoms with Gasteiger partial charge in [0.2, 0.25) is 0 Å². The number of hydrogen-bond acceptors (Lipinski definition) is 2. The summed E-state index contributed by atoms with van der Waals surface area (Å²) in [5, 5.41) is 8.84. The summed E-state index contributed by atoms with van der Waals surface area (Å²) >= 11 is 0. The predicted molar refractivity (Wildman–Crippen MR) is 47.3 cm³/mol. The van der Waals surface area contributed by atoms with Crippen molar-refractivity contribution in [2.24, 2.45) is 0 Å². The average Bonchev–Trinajstić information content (AvgIpc) is 2.52. The maximum Gasteiger partial charge on any atom is 0.336 e. The Labute approximate surface area is 76.0 Å². The van der Waals surface area contributed by atoms with Gasteiger partial charge < -0.3 is 9.84 Å². The number of hydrogen-bond donors (Lipinski definition) is 1. The minimum atomic E-state index is -0.893. The Morgan fingerprint density at radius 3 is 3.00 bits per heavy atom. The SMILES string of the molecule is Cc1c(C(=O)O)ccc2c1OCC2. The first-order chi connectivity index (χ1) is 6.20. The van der Waals surface area contributed by atoms with Gasteiger partial charge in [0, 0.05) is 12.0 Å². The van der Waals surface area contributed by atoms with Gasteiger partial charge in [-0.2, -0.15) is 0 Å². The second-order valence-corrected chi connectivity index (χ2v) is 3.13. The molecule has 68 valence electrons. The van der Waals surface area contributed by atoms with Crippen molar-refractivity contribution in [3.8, 4) is 5.75 Å². The van der Waals surface area contributed by atoms with Crippen LogP contribution in [0.15, 0.2) is 12.1 Å². The van der Waals surface area contributed by atoms with Crippen molar-refractivity contribution in [1.82, 2.24) is 0 Å². The van der Waals surface area contributed by atoms with E-state index in [-0.39, 0.29) is 0 Å². The number of carboxylic acid groups (broad SMARTS) is 1. The molecule has 2 rings (SSSR count). The Morgan fingerprint density at radius 1 is 1.54 bits per heavy atom. The van der Waals surface area contributed by atoms with Crippen molar-refractivity contribution in [2.45, 2.75) is 13.3 Å². The molecular formula is C10H10O3. The zero-order valence-corrected chi connectivity index (χ0v) is 7.33. The van der Waals surface area contributed by atoms with Gasteiger partial charge in [-0.1, -0.05) is 6.07 Å². The minimum absolute atomic E-state index is 0.334. The molecule has 1 aliphatic rings. The Bertz CT molecular complexity index is 369. The molecule has 0 saturated carbocycles. The average molecular weight is 178 g/mol. The van der Waals surface area contributed by atoms with Gasteiger partial charge in [-0.3, -0.25) is 0 Å². The van der Waals surface area contributed by atoms with Gasteiger partial charge in [-0.25, -0.2) is 4.79 Å². The minimum Gasteiger partial charge on any atom is -0.493 e. The van der Waals surface area contributed by atoms with Crippen molar-refractivity contribution in [3.63, 3.8) is 0 Å². The quantitative estimate of drug-likeness (QED) is 0.710. The van der Waals surface area contributed by atoms with E-state index >= 15 is 0 Å². The lowest BCUT2D eigenvalue weighted by molar-refractivity contribution is 0.0695. The topological polar surface area (TPSA) is 46.5 Å². The van der Waals surface area contributed by atoms with Gasteiger partial charge in [0.25, 0.3) is 0 Å². The molecule has 0 bridgehead atoms. The molecule has 0 radical (unpaired) electrons. The molecule has 1 heterocycles. The molecule has 3 nitrogen and oxygen atoms in total. The van der Waals surface area contributed by atoms with Gasteiger partial charge in [-0.05, 0) is 18.6 Å². The standard InChI is InChI=1S/C10H10O3/c1-6-8(10(11)12)3-2-7-4-5-13-9(6)7/h2-3H,4-5H2,1H3,(H,11,12). The number of ether oxygens (including phenoxy) is 1. The molecule has 0 spiro atoms. The van der Waals surface area contributed by atoms with Crippen LogP contribution in [0, 0.1) is 6.92 Å². The second-order valence-electron chi connectivity index (χ2n) is 3.13. The fourth-order valence-electron chi connectivity index (χ4n) is 1.64. The maximum atomic E-state index is 10.8. The van der Waals surface area contributed by atoms with Crippen molar-refractivity contribution in [1.29, 1.82) is 0 Å². The van der Waals surface area contributed by atoms with Crippen LogP contribution >= 0.6 is 0 Å². The molecule has 1 aliphatic heterocycles. The Hall–Kier alpha value is -1.51. The highest BCUT2D eigenvalue weighted by atomic mass is 16.5. The van der Waals surface area contributed by atoms with Crippen LogP contribution in [0.2, 0.25) is 0 Å². The van der Waals surface area contributed by atoms with Crippen LogP contribution in [-0.4, -0.2) is 17.7 Å². The molecule has 3 heteroatoms. The van der Waals surface area contributed by atoms with Crippen molar-refractivity contribution < 1.29 is 14.6 Å². The Balaban J connectivity index is 2.59. The van der Waals surface area contributed by atoms with Crippen LogP contribution in [-0.2, 0) is 6.42 Å². The molecular weight excluding hydrogens is 168 g/mol. The van der Waals surface area contributed by atoms with E-state index in [0.29, 0.717) is 12.2 Å². The third-order valence-corrected chi connectivity index (χ3v) is 2.34. The highest BCUT2D eigenvalue weighted by molar-refractivity contribution is 5.90. The second kappa shape index (κ2) is 2.76. The molecule has 1 aromatic rings. The molecule has 0 saturated heterocycles. The van der Waals surface area contributed by atoms with Gasteiger partial charge >= 0.3 is 5.97 Å². The fourth-order valence-corrected chi connectivity index (χ4v) is 1.64. The number of fused-ring (bicyclic) bond motifs is 1. The van der Waals surface area contributed by atoms with Crippen molar-refractivity contribution in [3.05, 3.63) is 28.8 Å². The van der Waals surface area contributed by atoms with E-state index in [2.05, 4.69) is 0 Å². The van der Waals surface area contributed by atoms with Crippen LogP contribution < -0.4 is 4.74 Å². The molecule has 0 atom stereocenters. The van der Waals surface area contributed by atoms with E-state index in [1.54, 1.807) is 13.0 Å². The maximum absolute atomic E-state index is 10.8. The van der Waals surface area contributed by atoms with Crippen LogP contribution in [0.25, 0.3) is 0 Å². The molecule has 0 fully saturated rings. The molecule has 0 unspecified atom stereocenters. The summed E-state index contributed by atoms with van der Waals surface area (Å²) in [6.45, 7) is 2.45. The lowest BCUT2D eigenvalue weighted by Crippen LogP contribution is -2.00. The smallest absolute Gasteiger partial charge is 0.336 e. The van der Waals surface area contributed by atoms with E-state index in [0.717, 1.165) is 23.3 Å². The van der Waals surface area contributed by atoms with Crippen LogP contribution in [0.5, 0.6) is 5.75 Å². The summed E-state index contributed by atoms with van der Waals surface area (Å²) in [7, 11) is 0. The van der Waals surface area contributed by atoms with Gasteiger partial charge in [0.05, 0.1) is 12.2 Å². The number of rotatable bonds is 1. The van der Waals surface area contributed by atoms with Gasteiger partial charge in [0.15, 0.2) is 0 Å². The molecule has 13 heavy (non-hydrogen) atoms. The monoisotopic (exact) mass is 178 g/mol. The largest absolute Gasteiger partial charge is 0.493 e. The Kier molecular flexibility index (Phi) is 1.72. The summed E-state index contributed by atoms with van der Waals surface area (Å²) in [6.07, 6.45) is 0.885. The normalized spacial score (nSPS) is 13.6. The van der Waals surface area contributed by atoms with E-state index < -0.39 is 5.97 Å². The van der Waals surface area contributed by atoms with E-state index in [9.17, 15) is 4.79 Å². The zero-order valence-electron chi connectivity index (χ0n) is 7.33. The third-order valence-electron chi connectivity index (χ3n) is 2.34. The van der Waals surface area contributed by atoms with Gasteiger partial charge in [0.1, 0.15) is 5.75 Å². The molecule has 0 aromatic heterocycles. The van der Waals surface area contributed by atoms with E-state index in [1.807, 2.05) is 6.07 Å². The third kappa shape index (κ3) is 1.16. The zero-order chi connectivity index (χ0) is 9.42. The first kappa shape index (κ1) is 8.10. The lowest BCUT2D eigenvalue weighted by atomic mass is 10.0. The highest BCUT2D eigenvalue weighted by Crippen LogP contribution is 2.31.